The minimum Gasteiger partial charge on any atom is -0.310 e. The molecule has 0 aliphatic heterocycles. The van der Waals surface area contributed by atoms with Crippen LogP contribution in [0.2, 0.25) is 0 Å². The van der Waals surface area contributed by atoms with Crippen LogP contribution in [0.4, 0.5) is 17.1 Å². The van der Waals surface area contributed by atoms with Crippen LogP contribution in [0.15, 0.2) is 261 Å². The maximum absolute atomic E-state index is 2.38. The van der Waals surface area contributed by atoms with E-state index in [1.54, 1.807) is 0 Å². The second-order valence-corrected chi connectivity index (χ2v) is 17.9. The van der Waals surface area contributed by atoms with Crippen molar-refractivity contribution in [2.45, 2.75) is 0 Å². The molecule has 0 spiro atoms. The number of anilines is 3. The minimum absolute atomic E-state index is 1.11. The highest BCUT2D eigenvalue weighted by molar-refractivity contribution is 6.24. The molecule has 69 heavy (non-hydrogen) atoms. The van der Waals surface area contributed by atoms with Crippen LogP contribution in [0.5, 0.6) is 0 Å². The van der Waals surface area contributed by atoms with Crippen LogP contribution >= 0.6 is 0 Å². The zero-order valence-electron chi connectivity index (χ0n) is 37.9. The summed E-state index contributed by atoms with van der Waals surface area (Å²) in [5.41, 5.74) is 13.2. The molecule has 0 unspecified atom stereocenters. The van der Waals surface area contributed by atoms with Gasteiger partial charge in [-0.2, -0.15) is 0 Å². The summed E-state index contributed by atoms with van der Waals surface area (Å²) in [7, 11) is 0. The highest BCUT2D eigenvalue weighted by atomic mass is 15.1. The lowest BCUT2D eigenvalue weighted by Gasteiger charge is -2.27. The Morgan fingerprint density at radius 1 is 0.232 bits per heavy atom. The van der Waals surface area contributed by atoms with Gasteiger partial charge in [0.05, 0.1) is 5.69 Å². The lowest BCUT2D eigenvalue weighted by atomic mass is 9.84. The quantitative estimate of drug-likeness (QED) is 0.109. The van der Waals surface area contributed by atoms with Gasteiger partial charge in [-0.15, -0.1) is 0 Å². The van der Waals surface area contributed by atoms with Crippen molar-refractivity contribution in [3.8, 4) is 33.4 Å². The van der Waals surface area contributed by atoms with E-state index in [0.717, 1.165) is 17.1 Å². The molecule has 0 aromatic heterocycles. The first-order valence-electron chi connectivity index (χ1n) is 23.8. The number of rotatable bonds is 8. The molecule has 13 aromatic carbocycles. The van der Waals surface area contributed by atoms with Crippen molar-refractivity contribution < 1.29 is 0 Å². The van der Waals surface area contributed by atoms with Gasteiger partial charge >= 0.3 is 0 Å². The van der Waals surface area contributed by atoms with Gasteiger partial charge in [0, 0.05) is 16.8 Å². The molecule has 13 rings (SSSR count). The minimum atomic E-state index is 1.11. The van der Waals surface area contributed by atoms with Crippen molar-refractivity contribution in [1.82, 2.24) is 0 Å². The number of hydrogen-bond donors (Lipinski definition) is 0. The SMILES string of the molecule is C(=C\c1ccc(-c2c3ccccc3c(-c3ccc(N(c4ccccc4)c4cccc5ccccc45)cc3)c3ccccc23)c2ccccc12)/c1ccc(-c2cccc3ccccc23)c2ccccc12. The molecule has 0 aliphatic carbocycles. The number of nitrogens with zero attached hydrogens (tertiary/aromatic N) is 1. The van der Waals surface area contributed by atoms with Gasteiger partial charge in [-0.3, -0.25) is 0 Å². The largest absolute Gasteiger partial charge is 0.310 e. The van der Waals surface area contributed by atoms with Crippen LogP contribution in [-0.4, -0.2) is 0 Å². The third-order valence-electron chi connectivity index (χ3n) is 14.1. The van der Waals surface area contributed by atoms with Crippen molar-refractivity contribution in [3.63, 3.8) is 0 Å². The van der Waals surface area contributed by atoms with Crippen LogP contribution in [0.25, 0.3) is 110 Å². The van der Waals surface area contributed by atoms with Crippen LogP contribution in [0, 0.1) is 0 Å². The van der Waals surface area contributed by atoms with Crippen LogP contribution < -0.4 is 4.90 Å². The summed E-state index contributed by atoms with van der Waals surface area (Å²) in [4.78, 5) is 2.38. The highest BCUT2D eigenvalue weighted by Gasteiger charge is 2.20. The van der Waals surface area contributed by atoms with Crippen molar-refractivity contribution >= 4 is 93.8 Å². The molecule has 1 nitrogen and oxygen atoms in total. The summed E-state index contributed by atoms with van der Waals surface area (Å²) in [5.74, 6) is 0. The molecule has 0 radical (unpaired) electrons. The Morgan fingerprint density at radius 2 is 0.638 bits per heavy atom. The Morgan fingerprint density at radius 3 is 1.25 bits per heavy atom. The summed E-state index contributed by atoms with van der Waals surface area (Å²) in [6, 6.07) is 95.3. The van der Waals surface area contributed by atoms with E-state index in [0.29, 0.717) is 0 Å². The standard InChI is InChI=1S/C68H45N/c1-2-22-51(23-3-1)69(66-35-17-21-47-19-5-7-27-56(47)66)52-42-38-50(39-43-52)67-61-30-12-14-32-63(61)68(64-33-15-13-31-62(64)67)65-45-41-49(55-26-9-11-29-59(55)65)37-36-48-40-44-60(57-28-10-8-25-54(48)57)58-34-16-20-46-18-4-6-24-53(46)58/h1-45H/b37-36+. The summed E-state index contributed by atoms with van der Waals surface area (Å²) in [6.45, 7) is 0. The van der Waals surface area contributed by atoms with Crippen LogP contribution in [-0.2, 0) is 0 Å². The number of hydrogen-bond acceptors (Lipinski definition) is 1. The van der Waals surface area contributed by atoms with Crippen molar-refractivity contribution in [2.24, 2.45) is 0 Å². The fraction of sp³-hybridized carbons (Fsp3) is 0. The maximum Gasteiger partial charge on any atom is 0.0540 e. The second kappa shape index (κ2) is 17.0. The fourth-order valence-electron chi connectivity index (χ4n) is 10.9. The Balaban J connectivity index is 0.918. The van der Waals surface area contributed by atoms with Crippen molar-refractivity contribution in [2.75, 3.05) is 4.90 Å². The first-order valence-corrected chi connectivity index (χ1v) is 23.8. The molecule has 322 valence electrons. The molecule has 0 N–H and O–H groups in total. The number of benzene rings is 13. The zero-order chi connectivity index (χ0) is 45.7. The zero-order valence-corrected chi connectivity index (χ0v) is 37.9. The number of para-hydroxylation sites is 1. The average molecular weight is 876 g/mol. The van der Waals surface area contributed by atoms with Gasteiger partial charge in [-0.1, -0.05) is 243 Å². The van der Waals surface area contributed by atoms with E-state index < -0.39 is 0 Å². The van der Waals surface area contributed by atoms with Crippen LogP contribution in [0.1, 0.15) is 11.1 Å². The number of fused-ring (bicyclic) bond motifs is 6. The second-order valence-electron chi connectivity index (χ2n) is 17.9. The summed E-state index contributed by atoms with van der Waals surface area (Å²) in [6.07, 6.45) is 4.59. The molecular weight excluding hydrogens is 831 g/mol. The third kappa shape index (κ3) is 6.95. The van der Waals surface area contributed by atoms with Crippen molar-refractivity contribution in [1.29, 1.82) is 0 Å². The highest BCUT2D eigenvalue weighted by Crippen LogP contribution is 2.47. The molecule has 0 amide bonds. The van der Waals surface area contributed by atoms with E-state index in [1.165, 1.54) is 109 Å². The fourth-order valence-corrected chi connectivity index (χ4v) is 10.9. The molecule has 0 heterocycles. The van der Waals surface area contributed by atoms with E-state index in [9.17, 15) is 0 Å². The molecule has 0 saturated heterocycles. The molecular formula is C68H45N. The predicted octanol–water partition coefficient (Wildman–Crippen LogP) is 19.2. The smallest absolute Gasteiger partial charge is 0.0540 e. The molecule has 0 aliphatic rings. The van der Waals surface area contributed by atoms with Crippen molar-refractivity contribution in [3.05, 3.63) is 272 Å². The van der Waals surface area contributed by atoms with E-state index in [4.69, 9.17) is 0 Å². The average Bonchev–Trinajstić information content (AvgIpc) is 3.42. The Labute approximate surface area is 402 Å². The van der Waals surface area contributed by atoms with E-state index in [1.807, 2.05) is 0 Å². The van der Waals surface area contributed by atoms with Gasteiger partial charge in [-0.05, 0) is 134 Å². The Hall–Kier alpha value is -9.04. The van der Waals surface area contributed by atoms with Gasteiger partial charge in [0.2, 0.25) is 0 Å². The molecule has 13 aromatic rings. The van der Waals surface area contributed by atoms with Gasteiger partial charge in [0.1, 0.15) is 0 Å². The first kappa shape index (κ1) is 40.3. The monoisotopic (exact) mass is 875 g/mol. The van der Waals surface area contributed by atoms with E-state index in [2.05, 4.69) is 278 Å². The van der Waals surface area contributed by atoms with Crippen LogP contribution in [0.3, 0.4) is 0 Å². The van der Waals surface area contributed by atoms with Gasteiger partial charge in [-0.25, -0.2) is 0 Å². The Kier molecular flexibility index (Phi) is 9.91. The summed E-state index contributed by atoms with van der Waals surface area (Å²) >= 11 is 0. The van der Waals surface area contributed by atoms with Gasteiger partial charge in [0.25, 0.3) is 0 Å². The maximum atomic E-state index is 2.38. The molecule has 0 atom stereocenters. The normalized spacial score (nSPS) is 11.7. The van der Waals surface area contributed by atoms with E-state index in [-0.39, 0.29) is 0 Å². The van der Waals surface area contributed by atoms with E-state index >= 15 is 0 Å². The summed E-state index contributed by atoms with van der Waals surface area (Å²) in [5, 5.41) is 14.9. The third-order valence-corrected chi connectivity index (χ3v) is 14.1. The van der Waals surface area contributed by atoms with Gasteiger partial charge < -0.3 is 4.90 Å². The molecule has 0 bridgehead atoms. The topological polar surface area (TPSA) is 3.24 Å². The van der Waals surface area contributed by atoms with Gasteiger partial charge in [0.15, 0.2) is 0 Å². The summed E-state index contributed by atoms with van der Waals surface area (Å²) < 4.78 is 0. The Bertz CT molecular complexity index is 4060. The lowest BCUT2D eigenvalue weighted by molar-refractivity contribution is 1.30. The predicted molar refractivity (Wildman–Crippen MR) is 298 cm³/mol. The molecule has 0 fully saturated rings. The lowest BCUT2D eigenvalue weighted by Crippen LogP contribution is -2.10. The molecule has 0 saturated carbocycles. The molecule has 1 heteroatoms. The first-order chi connectivity index (χ1) is 34.3.